The Kier molecular flexibility index (Phi) is 5.63. The molecule has 0 heterocycles. The molecule has 0 unspecified atom stereocenters. The molecule has 0 aromatic heterocycles. The Morgan fingerprint density at radius 2 is 2.19 bits per heavy atom. The first kappa shape index (κ1) is 13.3. The zero-order valence-electron chi connectivity index (χ0n) is 8.58. The third-order valence-corrected chi connectivity index (χ3v) is 2.74. The topological polar surface area (TPSA) is 46.5 Å². The Balaban J connectivity index is 2.31. The molecule has 16 heavy (non-hydrogen) atoms. The van der Waals surface area contributed by atoms with Gasteiger partial charge in [0.2, 0.25) is 0 Å². The second kappa shape index (κ2) is 6.76. The van der Waals surface area contributed by atoms with E-state index < -0.39 is 5.97 Å². The second-order valence-electron chi connectivity index (χ2n) is 3.27. The summed E-state index contributed by atoms with van der Waals surface area (Å²) in [5.41, 5.74) is 0. The number of carboxylic acids is 1. The molecular formula is C11H12BrClO3. The summed E-state index contributed by atoms with van der Waals surface area (Å²) >= 11 is 9.24. The van der Waals surface area contributed by atoms with E-state index in [0.717, 1.165) is 4.47 Å². The number of benzene rings is 1. The van der Waals surface area contributed by atoms with Crippen LogP contribution in [0, 0.1) is 0 Å². The highest BCUT2D eigenvalue weighted by Crippen LogP contribution is 2.27. The maximum absolute atomic E-state index is 10.3. The van der Waals surface area contributed by atoms with Crippen LogP contribution in [-0.4, -0.2) is 17.7 Å². The SMILES string of the molecule is O=C(O)CCCCOc1cc(Br)ccc1Cl. The van der Waals surface area contributed by atoms with Crippen molar-refractivity contribution < 1.29 is 14.6 Å². The fourth-order valence-corrected chi connectivity index (χ4v) is 1.66. The van der Waals surface area contributed by atoms with E-state index in [-0.39, 0.29) is 6.42 Å². The number of aliphatic carboxylic acids is 1. The Bertz CT molecular complexity index is 368. The summed E-state index contributed by atoms with van der Waals surface area (Å²) in [6, 6.07) is 5.37. The predicted octanol–water partition coefficient (Wildman–Crippen LogP) is 3.74. The van der Waals surface area contributed by atoms with Crippen molar-refractivity contribution in [1.29, 1.82) is 0 Å². The lowest BCUT2D eigenvalue weighted by Gasteiger charge is -2.07. The number of halogens is 2. The van der Waals surface area contributed by atoms with Crippen molar-refractivity contribution in [3.05, 3.63) is 27.7 Å². The zero-order valence-corrected chi connectivity index (χ0v) is 10.9. The van der Waals surface area contributed by atoms with Crippen LogP contribution in [0.1, 0.15) is 19.3 Å². The fraction of sp³-hybridized carbons (Fsp3) is 0.364. The summed E-state index contributed by atoms with van der Waals surface area (Å²) in [5.74, 6) is -0.160. The van der Waals surface area contributed by atoms with E-state index in [1.54, 1.807) is 12.1 Å². The maximum atomic E-state index is 10.3. The largest absolute Gasteiger partial charge is 0.492 e. The molecule has 0 atom stereocenters. The normalized spacial score (nSPS) is 10.1. The van der Waals surface area contributed by atoms with Crippen LogP contribution in [0.25, 0.3) is 0 Å². The van der Waals surface area contributed by atoms with Gasteiger partial charge in [-0.1, -0.05) is 27.5 Å². The van der Waals surface area contributed by atoms with Gasteiger partial charge in [-0.25, -0.2) is 0 Å². The Labute approximate surface area is 107 Å². The minimum absolute atomic E-state index is 0.176. The van der Waals surface area contributed by atoms with Crippen molar-refractivity contribution >= 4 is 33.5 Å². The number of hydrogen-bond donors (Lipinski definition) is 1. The number of unbranched alkanes of at least 4 members (excludes halogenated alkanes) is 1. The van der Waals surface area contributed by atoms with Crippen molar-refractivity contribution in [3.63, 3.8) is 0 Å². The van der Waals surface area contributed by atoms with Crippen molar-refractivity contribution in [2.75, 3.05) is 6.61 Å². The van der Waals surface area contributed by atoms with Crippen LogP contribution in [0.4, 0.5) is 0 Å². The van der Waals surface area contributed by atoms with E-state index in [1.807, 2.05) is 6.07 Å². The smallest absolute Gasteiger partial charge is 0.303 e. The molecule has 1 aromatic rings. The molecule has 0 saturated heterocycles. The molecule has 0 saturated carbocycles. The minimum atomic E-state index is -0.777. The highest BCUT2D eigenvalue weighted by Gasteiger charge is 2.02. The fourth-order valence-electron chi connectivity index (χ4n) is 1.15. The molecule has 0 aliphatic rings. The van der Waals surface area contributed by atoms with Gasteiger partial charge in [0.05, 0.1) is 11.6 Å². The van der Waals surface area contributed by atoms with Crippen LogP contribution in [0.15, 0.2) is 22.7 Å². The lowest BCUT2D eigenvalue weighted by Crippen LogP contribution is -2.00. The van der Waals surface area contributed by atoms with E-state index in [1.165, 1.54) is 0 Å². The molecular weight excluding hydrogens is 295 g/mol. The van der Waals surface area contributed by atoms with E-state index in [2.05, 4.69) is 15.9 Å². The molecule has 0 fully saturated rings. The predicted molar refractivity (Wildman–Crippen MR) is 66.1 cm³/mol. The van der Waals surface area contributed by atoms with Gasteiger partial charge in [-0.2, -0.15) is 0 Å². The quantitative estimate of drug-likeness (QED) is 0.814. The van der Waals surface area contributed by atoms with Crippen LogP contribution in [0.2, 0.25) is 5.02 Å². The Hall–Kier alpha value is -0.740. The highest BCUT2D eigenvalue weighted by molar-refractivity contribution is 9.10. The van der Waals surface area contributed by atoms with Gasteiger partial charge in [0, 0.05) is 10.9 Å². The molecule has 0 amide bonds. The molecule has 0 spiro atoms. The number of carbonyl (C=O) groups is 1. The molecule has 5 heteroatoms. The first-order valence-corrected chi connectivity index (χ1v) is 6.06. The molecule has 1 rings (SSSR count). The summed E-state index contributed by atoms with van der Waals surface area (Å²) in [6.07, 6.45) is 1.49. The molecule has 1 aromatic carbocycles. The number of rotatable bonds is 6. The number of hydrogen-bond acceptors (Lipinski definition) is 2. The highest BCUT2D eigenvalue weighted by atomic mass is 79.9. The van der Waals surface area contributed by atoms with Crippen LogP contribution >= 0.6 is 27.5 Å². The van der Waals surface area contributed by atoms with E-state index in [0.29, 0.717) is 30.2 Å². The molecule has 0 aliphatic heterocycles. The van der Waals surface area contributed by atoms with Crippen molar-refractivity contribution in [2.45, 2.75) is 19.3 Å². The van der Waals surface area contributed by atoms with Gasteiger partial charge in [0.15, 0.2) is 0 Å². The van der Waals surface area contributed by atoms with Crippen LogP contribution < -0.4 is 4.74 Å². The van der Waals surface area contributed by atoms with E-state index in [4.69, 9.17) is 21.4 Å². The van der Waals surface area contributed by atoms with Gasteiger partial charge in [-0.15, -0.1) is 0 Å². The summed E-state index contributed by atoms with van der Waals surface area (Å²) in [7, 11) is 0. The lowest BCUT2D eigenvalue weighted by atomic mass is 10.2. The van der Waals surface area contributed by atoms with E-state index >= 15 is 0 Å². The van der Waals surface area contributed by atoms with Gasteiger partial charge >= 0.3 is 5.97 Å². The molecule has 0 radical (unpaired) electrons. The molecule has 1 N–H and O–H groups in total. The number of ether oxygens (including phenoxy) is 1. The van der Waals surface area contributed by atoms with Crippen molar-refractivity contribution in [1.82, 2.24) is 0 Å². The van der Waals surface area contributed by atoms with Crippen LogP contribution in [0.3, 0.4) is 0 Å². The zero-order chi connectivity index (χ0) is 12.0. The first-order valence-electron chi connectivity index (χ1n) is 4.89. The van der Waals surface area contributed by atoms with Gasteiger partial charge in [-0.3, -0.25) is 4.79 Å². The van der Waals surface area contributed by atoms with Gasteiger partial charge in [-0.05, 0) is 31.0 Å². The Morgan fingerprint density at radius 3 is 2.88 bits per heavy atom. The van der Waals surface area contributed by atoms with Crippen LogP contribution in [0.5, 0.6) is 5.75 Å². The van der Waals surface area contributed by atoms with Crippen LogP contribution in [-0.2, 0) is 4.79 Å². The standard InChI is InChI=1S/C11H12BrClO3/c12-8-4-5-9(13)10(7-8)16-6-2-1-3-11(14)15/h4-5,7H,1-3,6H2,(H,14,15). The average Bonchev–Trinajstić information content (AvgIpc) is 2.22. The molecule has 0 aliphatic carbocycles. The maximum Gasteiger partial charge on any atom is 0.303 e. The average molecular weight is 308 g/mol. The lowest BCUT2D eigenvalue weighted by molar-refractivity contribution is -0.137. The van der Waals surface area contributed by atoms with Gasteiger partial charge in [0.1, 0.15) is 5.75 Å². The third kappa shape index (κ3) is 4.86. The molecule has 88 valence electrons. The van der Waals surface area contributed by atoms with Gasteiger partial charge < -0.3 is 9.84 Å². The summed E-state index contributed by atoms with van der Waals surface area (Å²) in [4.78, 5) is 10.3. The monoisotopic (exact) mass is 306 g/mol. The summed E-state index contributed by atoms with van der Waals surface area (Å²) in [6.45, 7) is 0.476. The molecule has 3 nitrogen and oxygen atoms in total. The second-order valence-corrected chi connectivity index (χ2v) is 4.60. The third-order valence-electron chi connectivity index (χ3n) is 1.94. The Morgan fingerprint density at radius 1 is 1.44 bits per heavy atom. The molecule has 0 bridgehead atoms. The van der Waals surface area contributed by atoms with Crippen molar-refractivity contribution in [3.8, 4) is 5.75 Å². The van der Waals surface area contributed by atoms with Gasteiger partial charge in [0.25, 0.3) is 0 Å². The van der Waals surface area contributed by atoms with Crippen molar-refractivity contribution in [2.24, 2.45) is 0 Å². The first-order chi connectivity index (χ1) is 7.59. The number of carboxylic acid groups (broad SMARTS) is 1. The minimum Gasteiger partial charge on any atom is -0.492 e. The summed E-state index contributed by atoms with van der Waals surface area (Å²) in [5, 5.41) is 9.00. The summed E-state index contributed by atoms with van der Waals surface area (Å²) < 4.78 is 6.34. The van der Waals surface area contributed by atoms with E-state index in [9.17, 15) is 4.79 Å².